The van der Waals surface area contributed by atoms with Gasteiger partial charge in [-0.15, -0.1) is 0 Å². The van der Waals surface area contributed by atoms with Gasteiger partial charge in [0.1, 0.15) is 11.4 Å². The van der Waals surface area contributed by atoms with Gasteiger partial charge < -0.3 is 15.2 Å². The standard InChI is InChI=1S/C18H21NO3S/c1-22-15-4-5-16-14(10-15)3-2-7-18(16,21)12-19-17(20)9-13-6-8-23-11-13/h4-6,8,10-11,21H,2-3,7,9,12H2,1H3,(H,19,20). The summed E-state index contributed by atoms with van der Waals surface area (Å²) in [5, 5.41) is 17.8. The molecule has 2 N–H and O–H groups in total. The number of aliphatic hydroxyl groups is 1. The number of methoxy groups -OCH3 is 1. The SMILES string of the molecule is COc1ccc2c(c1)CCCC2(O)CNC(=O)Cc1ccsc1. The predicted octanol–water partition coefficient (Wildman–Crippen LogP) is 2.64. The maximum atomic E-state index is 12.1. The second-order valence-corrected chi connectivity index (χ2v) is 6.77. The Morgan fingerprint density at radius 2 is 2.30 bits per heavy atom. The van der Waals surface area contributed by atoms with Crippen molar-refractivity contribution in [3.8, 4) is 5.75 Å². The number of rotatable bonds is 5. The molecule has 0 bridgehead atoms. The molecule has 1 unspecified atom stereocenters. The summed E-state index contributed by atoms with van der Waals surface area (Å²) in [4.78, 5) is 12.1. The number of nitrogens with one attached hydrogen (secondary N) is 1. The smallest absolute Gasteiger partial charge is 0.224 e. The first kappa shape index (κ1) is 16.0. The van der Waals surface area contributed by atoms with E-state index in [0.717, 1.165) is 35.3 Å². The third kappa shape index (κ3) is 3.57. The maximum absolute atomic E-state index is 12.1. The van der Waals surface area contributed by atoms with Crippen molar-refractivity contribution < 1.29 is 14.6 Å². The molecule has 0 saturated carbocycles. The molecule has 1 aromatic carbocycles. The van der Waals surface area contributed by atoms with Crippen LogP contribution in [-0.2, 0) is 23.2 Å². The van der Waals surface area contributed by atoms with Gasteiger partial charge in [0.15, 0.2) is 0 Å². The lowest BCUT2D eigenvalue weighted by Crippen LogP contribution is -2.43. The Morgan fingerprint density at radius 1 is 1.43 bits per heavy atom. The van der Waals surface area contributed by atoms with Crippen molar-refractivity contribution in [3.63, 3.8) is 0 Å². The second-order valence-electron chi connectivity index (χ2n) is 5.99. The van der Waals surface area contributed by atoms with Gasteiger partial charge in [0, 0.05) is 0 Å². The number of hydrogen-bond donors (Lipinski definition) is 2. The van der Waals surface area contributed by atoms with E-state index in [-0.39, 0.29) is 12.5 Å². The Bertz CT molecular complexity index is 684. The van der Waals surface area contributed by atoms with Gasteiger partial charge in [0.05, 0.1) is 20.1 Å². The van der Waals surface area contributed by atoms with Gasteiger partial charge >= 0.3 is 0 Å². The molecule has 1 aliphatic carbocycles. The summed E-state index contributed by atoms with van der Waals surface area (Å²) in [5.41, 5.74) is 2.02. The lowest BCUT2D eigenvalue weighted by atomic mass is 9.79. The van der Waals surface area contributed by atoms with Crippen LogP contribution in [0.3, 0.4) is 0 Å². The molecule has 1 aliphatic rings. The summed E-state index contributed by atoms with van der Waals surface area (Å²) in [6.45, 7) is 0.245. The minimum Gasteiger partial charge on any atom is -0.497 e. The fraction of sp³-hybridized carbons (Fsp3) is 0.389. The first-order valence-electron chi connectivity index (χ1n) is 7.78. The van der Waals surface area contributed by atoms with Crippen LogP contribution in [0, 0.1) is 0 Å². The highest BCUT2D eigenvalue weighted by Gasteiger charge is 2.34. The third-order valence-electron chi connectivity index (χ3n) is 4.37. The van der Waals surface area contributed by atoms with Crippen LogP contribution in [0.15, 0.2) is 35.0 Å². The number of carbonyl (C=O) groups excluding carboxylic acids is 1. The van der Waals surface area contributed by atoms with Gasteiger partial charge in [-0.05, 0) is 64.9 Å². The third-order valence-corrected chi connectivity index (χ3v) is 5.11. The number of aryl methyl sites for hydroxylation is 1. The van der Waals surface area contributed by atoms with Crippen molar-refractivity contribution in [2.75, 3.05) is 13.7 Å². The monoisotopic (exact) mass is 331 g/mol. The van der Waals surface area contributed by atoms with E-state index in [2.05, 4.69) is 5.32 Å². The molecule has 0 saturated heterocycles. The zero-order valence-corrected chi connectivity index (χ0v) is 14.0. The van der Waals surface area contributed by atoms with Gasteiger partial charge in [-0.3, -0.25) is 4.79 Å². The molecule has 122 valence electrons. The lowest BCUT2D eigenvalue weighted by Gasteiger charge is -2.35. The molecule has 1 amide bonds. The molecule has 1 aromatic heterocycles. The van der Waals surface area contributed by atoms with Crippen LogP contribution in [0.1, 0.15) is 29.5 Å². The quantitative estimate of drug-likeness (QED) is 0.885. The van der Waals surface area contributed by atoms with Crippen LogP contribution in [0.25, 0.3) is 0 Å². The van der Waals surface area contributed by atoms with Crippen molar-refractivity contribution in [2.24, 2.45) is 0 Å². The predicted molar refractivity (Wildman–Crippen MR) is 90.9 cm³/mol. The summed E-state index contributed by atoms with van der Waals surface area (Å²) < 4.78 is 5.25. The Morgan fingerprint density at radius 3 is 3.04 bits per heavy atom. The van der Waals surface area contributed by atoms with Gasteiger partial charge in [-0.1, -0.05) is 6.07 Å². The minimum atomic E-state index is -0.996. The van der Waals surface area contributed by atoms with Gasteiger partial charge in [0.2, 0.25) is 5.91 Å². The average molecular weight is 331 g/mol. The van der Waals surface area contributed by atoms with Crippen molar-refractivity contribution in [2.45, 2.75) is 31.3 Å². The van der Waals surface area contributed by atoms with Crippen LogP contribution >= 0.6 is 11.3 Å². The van der Waals surface area contributed by atoms with Crippen molar-refractivity contribution in [1.82, 2.24) is 5.32 Å². The maximum Gasteiger partial charge on any atom is 0.224 e. The molecule has 0 spiro atoms. The number of fused-ring (bicyclic) bond motifs is 1. The van der Waals surface area contributed by atoms with Crippen LogP contribution in [0.4, 0.5) is 0 Å². The fourth-order valence-electron chi connectivity index (χ4n) is 3.13. The lowest BCUT2D eigenvalue weighted by molar-refractivity contribution is -0.122. The fourth-order valence-corrected chi connectivity index (χ4v) is 3.80. The highest BCUT2D eigenvalue weighted by molar-refractivity contribution is 7.07. The van der Waals surface area contributed by atoms with E-state index >= 15 is 0 Å². The van der Waals surface area contributed by atoms with E-state index in [1.165, 1.54) is 0 Å². The van der Waals surface area contributed by atoms with Crippen LogP contribution in [0.2, 0.25) is 0 Å². The molecular weight excluding hydrogens is 310 g/mol. The zero-order chi connectivity index (χ0) is 16.3. The summed E-state index contributed by atoms with van der Waals surface area (Å²) >= 11 is 1.58. The molecule has 3 rings (SSSR count). The Hall–Kier alpha value is -1.85. The molecular formula is C18H21NO3S. The van der Waals surface area contributed by atoms with Crippen LogP contribution in [0.5, 0.6) is 5.75 Å². The molecule has 0 fully saturated rings. The second kappa shape index (κ2) is 6.72. The molecule has 1 atom stereocenters. The van der Waals surface area contributed by atoms with Gasteiger partial charge in [0.25, 0.3) is 0 Å². The number of thiophene rings is 1. The summed E-state index contributed by atoms with van der Waals surface area (Å²) in [7, 11) is 1.64. The van der Waals surface area contributed by atoms with Crippen LogP contribution < -0.4 is 10.1 Å². The number of ether oxygens (including phenoxy) is 1. The molecule has 23 heavy (non-hydrogen) atoms. The molecule has 1 heterocycles. The molecule has 4 nitrogen and oxygen atoms in total. The Balaban J connectivity index is 1.69. The van der Waals surface area contributed by atoms with E-state index in [4.69, 9.17) is 4.74 Å². The van der Waals surface area contributed by atoms with E-state index in [9.17, 15) is 9.90 Å². The number of hydrogen-bond acceptors (Lipinski definition) is 4. The molecule has 5 heteroatoms. The average Bonchev–Trinajstić information content (AvgIpc) is 3.06. The topological polar surface area (TPSA) is 58.6 Å². The highest BCUT2D eigenvalue weighted by Crippen LogP contribution is 2.36. The van der Waals surface area contributed by atoms with Gasteiger partial charge in [-0.2, -0.15) is 11.3 Å². The van der Waals surface area contributed by atoms with E-state index in [1.54, 1.807) is 18.4 Å². The van der Waals surface area contributed by atoms with Crippen molar-refractivity contribution in [1.29, 1.82) is 0 Å². The van der Waals surface area contributed by atoms with E-state index in [0.29, 0.717) is 12.8 Å². The Kier molecular flexibility index (Phi) is 4.68. The zero-order valence-electron chi connectivity index (χ0n) is 13.2. The molecule has 0 aliphatic heterocycles. The highest BCUT2D eigenvalue weighted by atomic mass is 32.1. The minimum absolute atomic E-state index is 0.0579. The van der Waals surface area contributed by atoms with Crippen molar-refractivity contribution >= 4 is 17.2 Å². The summed E-state index contributed by atoms with van der Waals surface area (Å²) in [6, 6.07) is 7.70. The number of amides is 1. The Labute approximate surface area is 140 Å². The molecule has 2 aromatic rings. The largest absolute Gasteiger partial charge is 0.497 e. The first-order chi connectivity index (χ1) is 11.1. The first-order valence-corrected chi connectivity index (χ1v) is 8.72. The van der Waals surface area contributed by atoms with Crippen molar-refractivity contribution in [3.05, 3.63) is 51.7 Å². The molecule has 0 radical (unpaired) electrons. The van der Waals surface area contributed by atoms with Crippen LogP contribution in [-0.4, -0.2) is 24.7 Å². The van der Waals surface area contributed by atoms with E-state index in [1.807, 2.05) is 35.0 Å². The summed E-state index contributed by atoms with van der Waals surface area (Å²) in [6.07, 6.45) is 2.84. The number of carbonyl (C=O) groups is 1. The normalized spacial score (nSPS) is 19.9. The summed E-state index contributed by atoms with van der Waals surface area (Å²) in [5.74, 6) is 0.743. The van der Waals surface area contributed by atoms with Gasteiger partial charge in [-0.25, -0.2) is 0 Å². The number of benzene rings is 1. The van der Waals surface area contributed by atoms with E-state index < -0.39 is 5.60 Å².